The fourth-order valence-corrected chi connectivity index (χ4v) is 3.60. The molecule has 1 unspecified atom stereocenters. The third-order valence-electron chi connectivity index (χ3n) is 4.88. The molecular formula is C19H23N5O2. The van der Waals surface area contributed by atoms with Gasteiger partial charge in [0.15, 0.2) is 0 Å². The third-order valence-corrected chi connectivity index (χ3v) is 4.88. The molecule has 26 heavy (non-hydrogen) atoms. The van der Waals surface area contributed by atoms with Crippen molar-refractivity contribution in [2.75, 3.05) is 19.7 Å². The number of nitrogens with zero attached hydrogens (tertiary/aromatic N) is 5. The van der Waals surface area contributed by atoms with Gasteiger partial charge in [-0.25, -0.2) is 9.97 Å². The highest BCUT2D eigenvalue weighted by Crippen LogP contribution is 2.22. The molecule has 1 aliphatic rings. The number of ether oxygens (including phenoxy) is 1. The molecular weight excluding hydrogens is 330 g/mol. The average molecular weight is 353 g/mol. The van der Waals surface area contributed by atoms with E-state index in [2.05, 4.69) is 9.97 Å². The van der Waals surface area contributed by atoms with Gasteiger partial charge in [-0.2, -0.15) is 0 Å². The maximum absolute atomic E-state index is 12.9. The predicted molar refractivity (Wildman–Crippen MR) is 97.7 cm³/mol. The first-order chi connectivity index (χ1) is 12.5. The predicted octanol–water partition coefficient (Wildman–Crippen LogP) is 1.99. The molecule has 1 fully saturated rings. The zero-order chi connectivity index (χ0) is 18.3. The van der Waals surface area contributed by atoms with E-state index in [9.17, 15) is 4.79 Å². The Balaban J connectivity index is 1.52. The molecule has 1 aromatic carbocycles. The third kappa shape index (κ3) is 2.99. The average Bonchev–Trinajstić information content (AvgIpc) is 3.14. The van der Waals surface area contributed by atoms with Crippen LogP contribution in [-0.4, -0.2) is 49.6 Å². The van der Waals surface area contributed by atoms with Crippen LogP contribution in [0.4, 0.5) is 0 Å². The Labute approximate surface area is 152 Å². The van der Waals surface area contributed by atoms with Crippen molar-refractivity contribution >= 4 is 16.9 Å². The second-order valence-electron chi connectivity index (χ2n) is 6.78. The van der Waals surface area contributed by atoms with Gasteiger partial charge in [0.1, 0.15) is 24.3 Å². The van der Waals surface area contributed by atoms with Crippen molar-refractivity contribution in [2.45, 2.75) is 26.5 Å². The van der Waals surface area contributed by atoms with Crippen molar-refractivity contribution in [3.63, 3.8) is 0 Å². The van der Waals surface area contributed by atoms with Gasteiger partial charge in [0.25, 0.3) is 0 Å². The first-order valence-electron chi connectivity index (χ1n) is 8.84. The Kier molecular flexibility index (Phi) is 4.24. The molecule has 2 aromatic heterocycles. The summed E-state index contributed by atoms with van der Waals surface area (Å²) in [5.74, 6) is 1.80. The summed E-state index contributed by atoms with van der Waals surface area (Å²) in [7, 11) is 1.96. The van der Waals surface area contributed by atoms with E-state index in [1.54, 1.807) is 0 Å². The van der Waals surface area contributed by atoms with Crippen molar-refractivity contribution in [3.8, 4) is 0 Å². The zero-order valence-electron chi connectivity index (χ0n) is 15.3. The lowest BCUT2D eigenvalue weighted by atomic mass is 10.2. The fourth-order valence-electron chi connectivity index (χ4n) is 3.60. The highest BCUT2D eigenvalue weighted by molar-refractivity contribution is 5.81. The number of carbonyl (C=O) groups is 1. The normalized spacial score (nSPS) is 17.8. The summed E-state index contributed by atoms with van der Waals surface area (Å²) >= 11 is 0. The van der Waals surface area contributed by atoms with Gasteiger partial charge in [-0.3, -0.25) is 4.79 Å². The maximum Gasteiger partial charge on any atom is 0.242 e. The molecule has 1 atom stereocenters. The lowest BCUT2D eigenvalue weighted by Gasteiger charge is -2.32. The summed E-state index contributed by atoms with van der Waals surface area (Å²) in [5, 5.41) is 0. The molecule has 7 nitrogen and oxygen atoms in total. The number of aryl methyl sites for hydroxylation is 3. The SMILES string of the molecule is Cc1cn(C)c(C2CN(C(=O)Cn3c(C)nc4ccccc43)CCO2)n1. The van der Waals surface area contributed by atoms with Gasteiger partial charge in [0.2, 0.25) is 5.91 Å². The van der Waals surface area contributed by atoms with Crippen molar-refractivity contribution in [2.24, 2.45) is 7.05 Å². The van der Waals surface area contributed by atoms with Gasteiger partial charge in [-0.15, -0.1) is 0 Å². The van der Waals surface area contributed by atoms with Crippen molar-refractivity contribution in [1.82, 2.24) is 24.0 Å². The van der Waals surface area contributed by atoms with Crippen molar-refractivity contribution < 1.29 is 9.53 Å². The van der Waals surface area contributed by atoms with Crippen LogP contribution in [0.1, 0.15) is 23.4 Å². The maximum atomic E-state index is 12.9. The van der Waals surface area contributed by atoms with Crippen LogP contribution >= 0.6 is 0 Å². The van der Waals surface area contributed by atoms with E-state index in [0.29, 0.717) is 26.2 Å². The second-order valence-corrected chi connectivity index (χ2v) is 6.78. The Morgan fingerprint density at radius 1 is 1.27 bits per heavy atom. The van der Waals surface area contributed by atoms with Crippen molar-refractivity contribution in [1.29, 1.82) is 0 Å². The molecule has 0 radical (unpaired) electrons. The first kappa shape index (κ1) is 16.8. The molecule has 0 bridgehead atoms. The number of benzene rings is 1. The van der Waals surface area contributed by atoms with Crippen LogP contribution in [0.5, 0.6) is 0 Å². The second kappa shape index (κ2) is 6.57. The Bertz CT molecular complexity index is 958. The number of aromatic nitrogens is 4. The summed E-state index contributed by atoms with van der Waals surface area (Å²) in [6.07, 6.45) is 1.78. The molecule has 0 N–H and O–H groups in total. The summed E-state index contributed by atoms with van der Waals surface area (Å²) in [4.78, 5) is 23.9. The van der Waals surface area contributed by atoms with Crippen LogP contribution in [0.15, 0.2) is 30.5 Å². The minimum atomic E-state index is -0.188. The molecule has 7 heteroatoms. The lowest BCUT2D eigenvalue weighted by Crippen LogP contribution is -2.44. The molecule has 0 saturated carbocycles. The van der Waals surface area contributed by atoms with Gasteiger partial charge in [-0.1, -0.05) is 12.1 Å². The van der Waals surface area contributed by atoms with Crippen LogP contribution in [0.2, 0.25) is 0 Å². The quantitative estimate of drug-likeness (QED) is 0.722. The minimum Gasteiger partial charge on any atom is -0.367 e. The minimum absolute atomic E-state index is 0.0792. The van der Waals surface area contributed by atoms with E-state index in [1.165, 1.54) is 0 Å². The molecule has 0 aliphatic carbocycles. The van der Waals surface area contributed by atoms with E-state index >= 15 is 0 Å². The molecule has 1 amide bonds. The van der Waals surface area contributed by atoms with Crippen LogP contribution < -0.4 is 0 Å². The topological polar surface area (TPSA) is 65.2 Å². The summed E-state index contributed by atoms with van der Waals surface area (Å²) in [5.41, 5.74) is 2.86. The summed E-state index contributed by atoms with van der Waals surface area (Å²) in [6.45, 7) is 5.83. The molecule has 1 aliphatic heterocycles. The highest BCUT2D eigenvalue weighted by atomic mass is 16.5. The van der Waals surface area contributed by atoms with E-state index in [4.69, 9.17) is 4.74 Å². The molecule has 1 saturated heterocycles. The Hall–Kier alpha value is -2.67. The summed E-state index contributed by atoms with van der Waals surface area (Å²) in [6, 6.07) is 7.90. The Morgan fingerprint density at radius 3 is 2.85 bits per heavy atom. The van der Waals surface area contributed by atoms with Gasteiger partial charge in [0.05, 0.1) is 29.9 Å². The van der Waals surface area contributed by atoms with E-state index in [-0.39, 0.29) is 12.0 Å². The monoisotopic (exact) mass is 353 g/mol. The van der Waals surface area contributed by atoms with E-state index in [1.807, 2.05) is 65.4 Å². The number of rotatable bonds is 3. The van der Waals surface area contributed by atoms with Crippen molar-refractivity contribution in [3.05, 3.63) is 47.8 Å². The number of hydrogen-bond acceptors (Lipinski definition) is 4. The van der Waals surface area contributed by atoms with Crippen LogP contribution in [0, 0.1) is 13.8 Å². The highest BCUT2D eigenvalue weighted by Gasteiger charge is 2.28. The zero-order valence-corrected chi connectivity index (χ0v) is 15.3. The Morgan fingerprint density at radius 2 is 2.08 bits per heavy atom. The van der Waals surface area contributed by atoms with Gasteiger partial charge in [-0.05, 0) is 26.0 Å². The smallest absolute Gasteiger partial charge is 0.242 e. The van der Waals surface area contributed by atoms with Crippen LogP contribution in [0.25, 0.3) is 11.0 Å². The molecule has 3 heterocycles. The number of para-hydroxylation sites is 2. The van der Waals surface area contributed by atoms with Crippen LogP contribution in [-0.2, 0) is 23.1 Å². The molecule has 3 aromatic rings. The largest absolute Gasteiger partial charge is 0.367 e. The number of hydrogen-bond donors (Lipinski definition) is 0. The molecule has 4 rings (SSSR count). The fraction of sp³-hybridized carbons (Fsp3) is 0.421. The number of carbonyl (C=O) groups excluding carboxylic acids is 1. The number of imidazole rings is 2. The van der Waals surface area contributed by atoms with Gasteiger partial charge < -0.3 is 18.8 Å². The molecule has 136 valence electrons. The van der Waals surface area contributed by atoms with E-state index in [0.717, 1.165) is 28.4 Å². The molecule has 0 spiro atoms. The van der Waals surface area contributed by atoms with Gasteiger partial charge in [0, 0.05) is 19.8 Å². The number of morpholine rings is 1. The number of fused-ring (bicyclic) bond motifs is 1. The first-order valence-corrected chi connectivity index (χ1v) is 8.84. The van der Waals surface area contributed by atoms with E-state index < -0.39 is 0 Å². The summed E-state index contributed by atoms with van der Waals surface area (Å²) < 4.78 is 9.82. The van der Waals surface area contributed by atoms with Gasteiger partial charge >= 0.3 is 0 Å². The van der Waals surface area contributed by atoms with Crippen LogP contribution in [0.3, 0.4) is 0 Å². The lowest BCUT2D eigenvalue weighted by molar-refractivity contribution is -0.140. The number of amides is 1. The standard InChI is InChI=1S/C19H23N5O2/c1-13-10-22(3)19(20-13)17-11-23(8-9-26-17)18(25)12-24-14(2)21-15-6-4-5-7-16(15)24/h4-7,10,17H,8-9,11-12H2,1-3H3.